The van der Waals surface area contributed by atoms with Crippen LogP contribution in [0.1, 0.15) is 93.6 Å². The maximum Gasteiger partial charge on any atom is 0.410 e. The molecular weight excluding hydrogens is 803 g/mol. The van der Waals surface area contributed by atoms with E-state index in [0.717, 1.165) is 60.7 Å². The number of amides is 1. The number of nitrogens with zero attached hydrogens (tertiary/aromatic N) is 6. The highest BCUT2D eigenvalue weighted by Gasteiger charge is 2.49. The highest BCUT2D eigenvalue weighted by atomic mass is 35.5. The molecule has 2 atom stereocenters. The zero-order valence-electron chi connectivity index (χ0n) is 37.3. The Hall–Kier alpha value is -4.50. The Kier molecular flexibility index (Phi) is 11.3. The van der Waals surface area contributed by atoms with Crippen LogP contribution in [0.3, 0.4) is 0 Å². The molecule has 9 nitrogen and oxygen atoms in total. The van der Waals surface area contributed by atoms with Gasteiger partial charge in [0.1, 0.15) is 37.3 Å². The van der Waals surface area contributed by atoms with Crippen molar-refractivity contribution in [3.63, 3.8) is 0 Å². The number of anilines is 1. The summed E-state index contributed by atoms with van der Waals surface area (Å²) < 4.78 is 30.1. The molecule has 4 aliphatic rings. The summed E-state index contributed by atoms with van der Waals surface area (Å²) in [6.45, 7) is 30.8. The fraction of sp³-hybridized carbons (Fsp3) is 0.510. The van der Waals surface area contributed by atoms with E-state index in [1.807, 2.05) is 56.0 Å². The highest BCUT2D eigenvalue weighted by Crippen LogP contribution is 2.45. The molecule has 4 aliphatic heterocycles. The molecule has 4 saturated heterocycles. The van der Waals surface area contributed by atoms with Crippen LogP contribution in [0, 0.1) is 17.3 Å². The van der Waals surface area contributed by atoms with Gasteiger partial charge in [-0.05, 0) is 74.5 Å². The Morgan fingerprint density at radius 1 is 0.984 bits per heavy atom. The minimum absolute atomic E-state index is 0.0923. The number of ether oxygens (including phenoxy) is 2. The van der Waals surface area contributed by atoms with E-state index in [2.05, 4.69) is 76.0 Å². The number of carbonyl (C=O) groups is 1. The Morgan fingerprint density at radius 3 is 2.23 bits per heavy atom. The molecule has 0 N–H and O–H groups in total. The Balaban J connectivity index is 1.25. The predicted molar refractivity (Wildman–Crippen MR) is 248 cm³/mol. The first kappa shape index (κ1) is 43.2. The average Bonchev–Trinajstić information content (AvgIpc) is 3.75. The third-order valence-electron chi connectivity index (χ3n) is 13.7. The van der Waals surface area contributed by atoms with Gasteiger partial charge in [0.15, 0.2) is 5.82 Å². The van der Waals surface area contributed by atoms with E-state index in [1.165, 1.54) is 0 Å². The van der Waals surface area contributed by atoms with E-state index in [-0.39, 0.29) is 40.9 Å². The number of carbonyl (C=O) groups excluding carboxylic acids is 1. The summed E-state index contributed by atoms with van der Waals surface area (Å²) in [5.74, 6) is 3.55. The van der Waals surface area contributed by atoms with Gasteiger partial charge in [-0.2, -0.15) is 9.97 Å². The largest absolute Gasteiger partial charge is 0.461 e. The minimum Gasteiger partial charge on any atom is -0.461 e. The molecule has 1 amide bonds. The summed E-state index contributed by atoms with van der Waals surface area (Å²) in [4.78, 5) is 34.5. The van der Waals surface area contributed by atoms with Crippen molar-refractivity contribution in [3.8, 4) is 28.7 Å². The van der Waals surface area contributed by atoms with Crippen molar-refractivity contribution in [2.24, 2.45) is 0 Å². The number of piperazine rings is 1. The smallest absolute Gasteiger partial charge is 0.410 e. The predicted octanol–water partition coefficient (Wildman–Crippen LogP) is 11.1. The molecule has 4 fully saturated rings. The van der Waals surface area contributed by atoms with Crippen LogP contribution in [0.25, 0.3) is 32.9 Å². The van der Waals surface area contributed by atoms with Crippen molar-refractivity contribution >= 4 is 53.3 Å². The molecule has 322 valence electrons. The van der Waals surface area contributed by atoms with Crippen LogP contribution >= 0.6 is 11.6 Å². The number of hydrogen-bond donors (Lipinski definition) is 0. The van der Waals surface area contributed by atoms with Crippen LogP contribution in [0.5, 0.6) is 6.01 Å². The van der Waals surface area contributed by atoms with Gasteiger partial charge in [-0.25, -0.2) is 9.18 Å². The number of halogens is 2. The first-order valence-corrected chi connectivity index (χ1v) is 24.5. The standard InChI is InChI=1S/C49H60ClFN6O3Si/c1-29(2)61(30(3)4,31(5)6)20-19-37-40(50)18-15-34-13-12-14-38(41(34)37)43-42(51)44-39(23-52-43)45(55-26-35-16-17-36(27-55)57(35)47(58)60-48(9,10)11)54-46(53-44)59-28-49-21-32(7)24-56(49)25-33(8)22-49/h12-15,18,23,29-31,35-36H,7-8,16-17,21-22,24-28H2,1-6,9-11H3/t35-,36+. The average molecular weight is 864 g/mol. The van der Waals surface area contributed by atoms with E-state index < -0.39 is 19.5 Å². The second-order valence-electron chi connectivity index (χ2n) is 19.9. The number of rotatable bonds is 8. The summed E-state index contributed by atoms with van der Waals surface area (Å²) in [7, 11) is -2.14. The molecule has 2 aromatic carbocycles. The quantitative estimate of drug-likeness (QED) is 0.0984. The Labute approximate surface area is 366 Å². The summed E-state index contributed by atoms with van der Waals surface area (Å²) in [5, 5.41) is 2.65. The van der Waals surface area contributed by atoms with Gasteiger partial charge < -0.3 is 14.4 Å². The molecule has 12 heteroatoms. The van der Waals surface area contributed by atoms with Crippen LogP contribution in [0.4, 0.5) is 15.0 Å². The number of aromatic nitrogens is 3. The van der Waals surface area contributed by atoms with Crippen molar-refractivity contribution in [2.45, 2.75) is 128 Å². The fourth-order valence-corrected chi connectivity index (χ4v) is 16.5. The molecule has 6 heterocycles. The maximum atomic E-state index is 17.7. The Morgan fingerprint density at radius 2 is 1.62 bits per heavy atom. The van der Waals surface area contributed by atoms with Crippen molar-refractivity contribution in [1.82, 2.24) is 24.8 Å². The van der Waals surface area contributed by atoms with Crippen LogP contribution in [-0.2, 0) is 4.74 Å². The van der Waals surface area contributed by atoms with Crippen molar-refractivity contribution < 1.29 is 18.7 Å². The monoisotopic (exact) mass is 862 g/mol. The summed E-state index contributed by atoms with van der Waals surface area (Å²) >= 11 is 7.04. The molecule has 0 aliphatic carbocycles. The zero-order valence-corrected chi connectivity index (χ0v) is 39.0. The fourth-order valence-electron chi connectivity index (χ4n) is 11.1. The van der Waals surface area contributed by atoms with E-state index in [4.69, 9.17) is 36.0 Å². The van der Waals surface area contributed by atoms with E-state index >= 15 is 4.39 Å². The molecule has 0 saturated carbocycles. The first-order chi connectivity index (χ1) is 28.8. The second kappa shape index (κ2) is 16.0. The lowest BCUT2D eigenvalue weighted by atomic mass is 9.92. The van der Waals surface area contributed by atoms with Gasteiger partial charge in [0.25, 0.3) is 0 Å². The summed E-state index contributed by atoms with van der Waals surface area (Å²) in [6.07, 6.45) is 4.61. The molecule has 0 spiro atoms. The number of pyridine rings is 1. The molecule has 4 aromatic rings. The number of fused-ring (bicyclic) bond motifs is 5. The van der Waals surface area contributed by atoms with Gasteiger partial charge in [0.05, 0.1) is 33.6 Å². The first-order valence-electron chi connectivity index (χ1n) is 21.9. The third kappa shape index (κ3) is 7.71. The summed E-state index contributed by atoms with van der Waals surface area (Å²) in [5.41, 5.74) is 8.06. The van der Waals surface area contributed by atoms with E-state index in [1.54, 1.807) is 6.20 Å². The van der Waals surface area contributed by atoms with Crippen LogP contribution in [0.15, 0.2) is 60.8 Å². The lowest BCUT2D eigenvalue weighted by Crippen LogP contribution is -2.57. The van der Waals surface area contributed by atoms with Crippen LogP contribution < -0.4 is 9.64 Å². The van der Waals surface area contributed by atoms with E-state index in [9.17, 15) is 4.79 Å². The maximum absolute atomic E-state index is 17.7. The number of benzene rings is 2. The molecule has 2 aromatic heterocycles. The topological polar surface area (TPSA) is 83.9 Å². The van der Waals surface area contributed by atoms with E-state index in [0.29, 0.717) is 63.7 Å². The molecular formula is C49H60ClFN6O3Si. The number of hydrogen-bond acceptors (Lipinski definition) is 8. The van der Waals surface area contributed by atoms with Crippen LogP contribution in [-0.4, -0.2) is 94.9 Å². The van der Waals surface area contributed by atoms with Gasteiger partial charge in [-0.1, -0.05) is 108 Å². The van der Waals surface area contributed by atoms with Gasteiger partial charge in [0.2, 0.25) is 0 Å². The Bertz CT molecular complexity index is 2450. The zero-order chi connectivity index (χ0) is 43.8. The minimum atomic E-state index is -2.14. The van der Waals surface area contributed by atoms with Gasteiger partial charge >= 0.3 is 12.1 Å². The molecule has 0 unspecified atom stereocenters. The molecule has 61 heavy (non-hydrogen) atoms. The van der Waals surface area contributed by atoms with Crippen molar-refractivity contribution in [3.05, 3.63) is 77.2 Å². The lowest BCUT2D eigenvalue weighted by molar-refractivity contribution is 0.0122. The third-order valence-corrected chi connectivity index (χ3v) is 20.3. The summed E-state index contributed by atoms with van der Waals surface area (Å²) in [6, 6.07) is 9.56. The van der Waals surface area contributed by atoms with Crippen molar-refractivity contribution in [1.29, 1.82) is 0 Å². The lowest BCUT2D eigenvalue weighted by Gasteiger charge is -2.42. The SMILES string of the molecule is C=C1CN2CC(=C)CC2(COc2nc(N3C[C@H]4CC[C@@H](C3)N4C(=O)OC(C)(C)C)c3cnc(-c4cccc5ccc(Cl)c(C#C[Si](C(C)C)(C(C)C)C(C)C)c45)c(F)c3n2)C1. The van der Waals surface area contributed by atoms with Gasteiger partial charge in [0, 0.05) is 43.3 Å². The molecule has 2 bridgehead atoms. The molecule has 0 radical (unpaired) electrons. The van der Waals surface area contributed by atoms with Crippen molar-refractivity contribution in [2.75, 3.05) is 37.7 Å². The van der Waals surface area contributed by atoms with Crippen LogP contribution in [0.2, 0.25) is 21.6 Å². The van der Waals surface area contributed by atoms with Gasteiger partial charge in [-0.15, -0.1) is 5.54 Å². The molecule has 8 rings (SSSR count). The van der Waals surface area contributed by atoms with Gasteiger partial charge in [-0.3, -0.25) is 14.8 Å². The second-order valence-corrected chi connectivity index (χ2v) is 25.9. The highest BCUT2D eigenvalue weighted by molar-refractivity contribution is 6.90. The normalized spacial score (nSPS) is 20.4.